The Balaban J connectivity index is 2.79. The van der Waals surface area contributed by atoms with E-state index in [0.717, 1.165) is 5.69 Å². The third kappa shape index (κ3) is 4.70. The van der Waals surface area contributed by atoms with E-state index >= 15 is 0 Å². The molecule has 0 aromatic heterocycles. The smallest absolute Gasteiger partial charge is 0.238 e. The fourth-order valence-corrected chi connectivity index (χ4v) is 2.15. The summed E-state index contributed by atoms with van der Waals surface area (Å²) >= 11 is 0. The van der Waals surface area contributed by atoms with E-state index in [0.29, 0.717) is 18.8 Å². The second-order valence-corrected chi connectivity index (χ2v) is 6.17. The lowest BCUT2D eigenvalue weighted by molar-refractivity contribution is 0.0846. The van der Waals surface area contributed by atoms with Crippen LogP contribution in [0.2, 0.25) is 0 Å². The van der Waals surface area contributed by atoms with Crippen molar-refractivity contribution in [3.63, 3.8) is 0 Å². The SMILES string of the molecule is CC(C)OCCN(C)c1ccc(S(N)(=O)=O)cc1N. The van der Waals surface area contributed by atoms with E-state index < -0.39 is 10.0 Å². The lowest BCUT2D eigenvalue weighted by Crippen LogP contribution is -2.25. The summed E-state index contributed by atoms with van der Waals surface area (Å²) < 4.78 is 27.9. The lowest BCUT2D eigenvalue weighted by Gasteiger charge is -2.22. The molecule has 0 amide bonds. The Morgan fingerprint density at radius 2 is 2.00 bits per heavy atom. The van der Waals surface area contributed by atoms with Gasteiger partial charge in [0.15, 0.2) is 0 Å². The number of nitrogens with two attached hydrogens (primary N) is 2. The second-order valence-electron chi connectivity index (χ2n) is 4.61. The third-order valence-electron chi connectivity index (χ3n) is 2.62. The predicted octanol–water partition coefficient (Wildman–Crippen LogP) is 0.777. The maximum atomic E-state index is 11.2. The number of nitrogen functional groups attached to an aromatic ring is 1. The summed E-state index contributed by atoms with van der Waals surface area (Å²) in [6.45, 7) is 5.17. The molecule has 108 valence electrons. The molecular weight excluding hydrogens is 266 g/mol. The number of hydrogen-bond acceptors (Lipinski definition) is 5. The van der Waals surface area contributed by atoms with E-state index in [9.17, 15) is 8.42 Å². The van der Waals surface area contributed by atoms with Crippen LogP contribution in [-0.2, 0) is 14.8 Å². The van der Waals surface area contributed by atoms with Gasteiger partial charge in [-0.25, -0.2) is 13.6 Å². The Hall–Kier alpha value is -1.31. The molecule has 1 rings (SSSR count). The van der Waals surface area contributed by atoms with Gasteiger partial charge < -0.3 is 15.4 Å². The molecule has 7 heteroatoms. The molecule has 0 saturated heterocycles. The van der Waals surface area contributed by atoms with Crippen LogP contribution in [0.5, 0.6) is 0 Å². The van der Waals surface area contributed by atoms with E-state index in [1.807, 2.05) is 25.8 Å². The van der Waals surface area contributed by atoms with Crippen LogP contribution in [0.3, 0.4) is 0 Å². The number of nitrogens with zero attached hydrogens (tertiary/aromatic N) is 1. The average molecular weight is 287 g/mol. The molecule has 4 N–H and O–H groups in total. The van der Waals surface area contributed by atoms with E-state index in [4.69, 9.17) is 15.6 Å². The number of benzene rings is 1. The molecule has 0 unspecified atom stereocenters. The van der Waals surface area contributed by atoms with Crippen molar-refractivity contribution < 1.29 is 13.2 Å². The van der Waals surface area contributed by atoms with Crippen LogP contribution in [-0.4, -0.2) is 34.7 Å². The van der Waals surface area contributed by atoms with Crippen molar-refractivity contribution in [3.8, 4) is 0 Å². The minimum absolute atomic E-state index is 0.0144. The van der Waals surface area contributed by atoms with Gasteiger partial charge in [-0.2, -0.15) is 0 Å². The fraction of sp³-hybridized carbons (Fsp3) is 0.500. The maximum Gasteiger partial charge on any atom is 0.238 e. The normalized spacial score (nSPS) is 11.8. The van der Waals surface area contributed by atoms with Gasteiger partial charge in [0.2, 0.25) is 10.0 Å². The predicted molar refractivity (Wildman–Crippen MR) is 76.6 cm³/mol. The monoisotopic (exact) mass is 287 g/mol. The highest BCUT2D eigenvalue weighted by molar-refractivity contribution is 7.89. The maximum absolute atomic E-state index is 11.2. The van der Waals surface area contributed by atoms with Crippen LogP contribution in [0.25, 0.3) is 0 Å². The minimum atomic E-state index is -3.72. The molecule has 0 aliphatic carbocycles. The van der Waals surface area contributed by atoms with Crippen LogP contribution < -0.4 is 15.8 Å². The summed E-state index contributed by atoms with van der Waals surface area (Å²) in [6.07, 6.45) is 0.176. The molecule has 0 spiro atoms. The van der Waals surface area contributed by atoms with Crippen molar-refractivity contribution >= 4 is 21.4 Å². The number of sulfonamides is 1. The fourth-order valence-electron chi connectivity index (χ4n) is 1.60. The Bertz CT molecular complexity index is 529. The van der Waals surface area contributed by atoms with E-state index in [-0.39, 0.29) is 11.0 Å². The molecule has 0 fully saturated rings. The Kier molecular flexibility index (Phi) is 5.16. The van der Waals surface area contributed by atoms with Gasteiger partial charge in [0.25, 0.3) is 0 Å². The van der Waals surface area contributed by atoms with Crippen molar-refractivity contribution in [1.82, 2.24) is 0 Å². The van der Waals surface area contributed by atoms with Crippen LogP contribution in [0.15, 0.2) is 23.1 Å². The summed E-state index contributed by atoms with van der Waals surface area (Å²) in [5, 5.41) is 5.05. The lowest BCUT2D eigenvalue weighted by atomic mass is 10.2. The highest BCUT2D eigenvalue weighted by Gasteiger charge is 2.12. The van der Waals surface area contributed by atoms with Crippen LogP contribution in [0.4, 0.5) is 11.4 Å². The Morgan fingerprint density at radius 1 is 1.37 bits per heavy atom. The Labute approximate surface area is 114 Å². The first kappa shape index (κ1) is 15.7. The average Bonchev–Trinajstić information content (AvgIpc) is 2.26. The van der Waals surface area contributed by atoms with Gasteiger partial charge in [-0.1, -0.05) is 0 Å². The van der Waals surface area contributed by atoms with Gasteiger partial charge in [0.05, 0.1) is 29.0 Å². The summed E-state index contributed by atoms with van der Waals surface area (Å²) in [6, 6.07) is 4.45. The van der Waals surface area contributed by atoms with Crippen molar-refractivity contribution in [2.75, 3.05) is 30.8 Å². The van der Waals surface area contributed by atoms with E-state index in [1.165, 1.54) is 12.1 Å². The summed E-state index contributed by atoms with van der Waals surface area (Å²) in [7, 11) is -1.85. The van der Waals surface area contributed by atoms with Crippen molar-refractivity contribution in [3.05, 3.63) is 18.2 Å². The number of hydrogen-bond donors (Lipinski definition) is 2. The quantitative estimate of drug-likeness (QED) is 0.753. The Morgan fingerprint density at radius 3 is 2.47 bits per heavy atom. The van der Waals surface area contributed by atoms with Gasteiger partial charge in [-0.3, -0.25) is 0 Å². The molecule has 0 heterocycles. The number of rotatable bonds is 6. The molecule has 0 bridgehead atoms. The van der Waals surface area contributed by atoms with Gasteiger partial charge in [0.1, 0.15) is 0 Å². The molecule has 19 heavy (non-hydrogen) atoms. The molecule has 0 atom stereocenters. The topological polar surface area (TPSA) is 98.6 Å². The third-order valence-corrected chi connectivity index (χ3v) is 3.53. The molecule has 6 nitrogen and oxygen atoms in total. The molecule has 0 aliphatic heterocycles. The zero-order valence-corrected chi connectivity index (χ0v) is 12.3. The van der Waals surface area contributed by atoms with Gasteiger partial charge >= 0.3 is 0 Å². The minimum Gasteiger partial charge on any atom is -0.397 e. The number of ether oxygens (including phenoxy) is 1. The van der Waals surface area contributed by atoms with Crippen molar-refractivity contribution in [2.24, 2.45) is 5.14 Å². The summed E-state index contributed by atoms with van der Waals surface area (Å²) in [5.74, 6) is 0. The first-order valence-electron chi connectivity index (χ1n) is 5.97. The molecule has 0 saturated carbocycles. The van der Waals surface area contributed by atoms with E-state index in [1.54, 1.807) is 6.07 Å². The number of anilines is 2. The first-order chi connectivity index (χ1) is 8.71. The summed E-state index contributed by atoms with van der Waals surface area (Å²) in [5.41, 5.74) is 6.97. The van der Waals surface area contributed by atoms with Crippen LogP contribution in [0.1, 0.15) is 13.8 Å². The highest BCUT2D eigenvalue weighted by atomic mass is 32.2. The molecule has 0 radical (unpaired) electrons. The standard InChI is InChI=1S/C12H21N3O3S/c1-9(2)18-7-6-15(3)12-5-4-10(8-11(12)13)19(14,16)17/h4-5,8-9H,6-7,13H2,1-3H3,(H2,14,16,17). The second kappa shape index (κ2) is 6.23. The molecular formula is C12H21N3O3S. The van der Waals surface area contributed by atoms with Gasteiger partial charge in [-0.15, -0.1) is 0 Å². The molecule has 0 aliphatic rings. The van der Waals surface area contributed by atoms with Crippen LogP contribution >= 0.6 is 0 Å². The van der Waals surface area contributed by atoms with Crippen molar-refractivity contribution in [2.45, 2.75) is 24.8 Å². The summed E-state index contributed by atoms with van der Waals surface area (Å²) in [4.78, 5) is 1.92. The zero-order chi connectivity index (χ0) is 14.6. The van der Waals surface area contributed by atoms with Crippen LogP contribution in [0, 0.1) is 0 Å². The molecule has 1 aromatic rings. The highest BCUT2D eigenvalue weighted by Crippen LogP contribution is 2.24. The zero-order valence-electron chi connectivity index (χ0n) is 11.5. The van der Waals surface area contributed by atoms with Gasteiger partial charge in [0, 0.05) is 13.6 Å². The number of primary sulfonamides is 1. The molecule has 1 aromatic carbocycles. The van der Waals surface area contributed by atoms with Gasteiger partial charge in [-0.05, 0) is 32.0 Å². The van der Waals surface area contributed by atoms with E-state index in [2.05, 4.69) is 0 Å². The largest absolute Gasteiger partial charge is 0.397 e. The first-order valence-corrected chi connectivity index (χ1v) is 7.51. The number of likely N-dealkylation sites (N-methyl/N-ethyl adjacent to an activating group) is 1. The van der Waals surface area contributed by atoms with Crippen molar-refractivity contribution in [1.29, 1.82) is 0 Å².